The number of hydroxylamine groups is 1. The van der Waals surface area contributed by atoms with Crippen LogP contribution in [0.4, 0.5) is 0 Å². The quantitative estimate of drug-likeness (QED) is 0.346. The number of carbonyl (C=O) groups excluding carboxylic acids is 2. The van der Waals surface area contributed by atoms with Gasteiger partial charge in [0.25, 0.3) is 11.8 Å². The molecule has 0 aromatic heterocycles. The zero-order chi connectivity index (χ0) is 20.8. The highest BCUT2D eigenvalue weighted by atomic mass is 16.5. The Labute approximate surface area is 170 Å². The van der Waals surface area contributed by atoms with Crippen LogP contribution in [0, 0.1) is 0 Å². The van der Waals surface area contributed by atoms with E-state index in [1.165, 1.54) is 37.2 Å². The molecule has 2 atom stereocenters. The summed E-state index contributed by atoms with van der Waals surface area (Å²) < 4.78 is 0. The molecule has 0 radical (unpaired) electrons. The predicted octanol–water partition coefficient (Wildman–Crippen LogP) is 1.98. The number of aliphatic hydroxyl groups is 1. The van der Waals surface area contributed by atoms with Crippen LogP contribution in [-0.2, 0) is 11.3 Å². The zero-order valence-corrected chi connectivity index (χ0v) is 16.4. The van der Waals surface area contributed by atoms with Crippen molar-refractivity contribution in [2.45, 2.75) is 50.9 Å². The number of rotatable bonds is 8. The summed E-state index contributed by atoms with van der Waals surface area (Å²) in [5.74, 6) is -1.39. The molecule has 2 aromatic carbocycles. The van der Waals surface area contributed by atoms with E-state index in [0.717, 1.165) is 17.7 Å². The summed E-state index contributed by atoms with van der Waals surface area (Å²) in [6.07, 6.45) is 2.70. The van der Waals surface area contributed by atoms with Crippen molar-refractivity contribution in [1.29, 1.82) is 0 Å². The van der Waals surface area contributed by atoms with Crippen LogP contribution in [0.3, 0.4) is 0 Å². The van der Waals surface area contributed by atoms with Crippen molar-refractivity contribution in [3.63, 3.8) is 0 Å². The van der Waals surface area contributed by atoms with Gasteiger partial charge in [0.2, 0.25) is 0 Å². The molecule has 0 saturated heterocycles. The van der Waals surface area contributed by atoms with Gasteiger partial charge in [0.1, 0.15) is 6.04 Å². The number of amides is 2. The maximum atomic E-state index is 12.3. The summed E-state index contributed by atoms with van der Waals surface area (Å²) in [6.45, 7) is 2.23. The molecule has 1 saturated carbocycles. The Balaban J connectivity index is 1.61. The van der Waals surface area contributed by atoms with E-state index in [4.69, 9.17) is 5.21 Å². The third-order valence-corrected chi connectivity index (χ3v) is 5.30. The monoisotopic (exact) mass is 397 g/mol. The molecule has 5 N–H and O–H groups in total. The largest absolute Gasteiger partial charge is 0.391 e. The second kappa shape index (κ2) is 9.65. The van der Waals surface area contributed by atoms with Crippen molar-refractivity contribution in [3.05, 3.63) is 59.7 Å². The molecule has 0 heterocycles. The molecule has 0 unspecified atom stereocenters. The van der Waals surface area contributed by atoms with Crippen LogP contribution < -0.4 is 16.1 Å². The third-order valence-electron chi connectivity index (χ3n) is 5.30. The van der Waals surface area contributed by atoms with Gasteiger partial charge in [-0.05, 0) is 48.6 Å². The van der Waals surface area contributed by atoms with E-state index in [-0.39, 0.29) is 0 Å². The summed E-state index contributed by atoms with van der Waals surface area (Å²) in [6, 6.07) is 14.7. The van der Waals surface area contributed by atoms with Crippen molar-refractivity contribution in [2.75, 3.05) is 0 Å². The van der Waals surface area contributed by atoms with Crippen molar-refractivity contribution >= 4 is 11.8 Å². The lowest BCUT2D eigenvalue weighted by Crippen LogP contribution is -2.51. The molecule has 1 aliphatic carbocycles. The Morgan fingerprint density at radius 2 is 1.62 bits per heavy atom. The summed E-state index contributed by atoms with van der Waals surface area (Å²) in [5.41, 5.74) is 5.05. The van der Waals surface area contributed by atoms with Crippen LogP contribution in [0.15, 0.2) is 48.5 Å². The molecule has 7 nitrogen and oxygen atoms in total. The Morgan fingerprint density at radius 1 is 1.03 bits per heavy atom. The molecular formula is C22H27N3O4. The molecular weight excluding hydrogens is 370 g/mol. The summed E-state index contributed by atoms with van der Waals surface area (Å²) in [5, 5.41) is 24.3. The molecule has 0 aliphatic heterocycles. The second-order valence-electron chi connectivity index (χ2n) is 7.45. The number of nitrogens with one attached hydrogen (secondary N) is 3. The highest BCUT2D eigenvalue weighted by Crippen LogP contribution is 2.22. The third kappa shape index (κ3) is 5.41. The minimum absolute atomic E-state index is 0.353. The SMILES string of the molecule is C[C@@H](O)[C@H](NC(=O)c1ccc(-c2ccc(CNC3CCC3)cc2)cc1)C(=O)NO. The minimum atomic E-state index is -1.24. The fourth-order valence-corrected chi connectivity index (χ4v) is 3.20. The van der Waals surface area contributed by atoms with Crippen LogP contribution in [0.25, 0.3) is 11.1 Å². The van der Waals surface area contributed by atoms with Crippen molar-refractivity contribution in [3.8, 4) is 11.1 Å². The van der Waals surface area contributed by atoms with Gasteiger partial charge in [0.05, 0.1) is 6.10 Å². The smallest absolute Gasteiger partial charge is 0.268 e. The molecule has 154 valence electrons. The molecule has 1 aliphatic rings. The molecule has 0 bridgehead atoms. The van der Waals surface area contributed by atoms with Crippen LogP contribution in [0.1, 0.15) is 42.1 Å². The first-order valence-corrected chi connectivity index (χ1v) is 9.83. The lowest BCUT2D eigenvalue weighted by molar-refractivity contribution is -0.133. The van der Waals surface area contributed by atoms with E-state index in [1.54, 1.807) is 12.1 Å². The normalized spacial score (nSPS) is 15.8. The molecule has 7 heteroatoms. The first-order chi connectivity index (χ1) is 14.0. The molecule has 2 amide bonds. The summed E-state index contributed by atoms with van der Waals surface area (Å²) in [4.78, 5) is 23.9. The topological polar surface area (TPSA) is 111 Å². The maximum absolute atomic E-state index is 12.3. The molecule has 2 aromatic rings. The Kier molecular flexibility index (Phi) is 6.98. The first kappa shape index (κ1) is 21.0. The number of hydrogen-bond donors (Lipinski definition) is 5. The first-order valence-electron chi connectivity index (χ1n) is 9.83. The maximum Gasteiger partial charge on any atom is 0.268 e. The van der Waals surface area contributed by atoms with Crippen molar-refractivity contribution in [2.24, 2.45) is 0 Å². The highest BCUT2D eigenvalue weighted by Gasteiger charge is 2.25. The zero-order valence-electron chi connectivity index (χ0n) is 16.4. The number of benzene rings is 2. The van der Waals surface area contributed by atoms with E-state index in [0.29, 0.717) is 11.6 Å². The molecule has 29 heavy (non-hydrogen) atoms. The number of carbonyl (C=O) groups is 2. The van der Waals surface area contributed by atoms with Gasteiger partial charge in [0, 0.05) is 18.2 Å². The lowest BCUT2D eigenvalue weighted by atomic mass is 9.93. The van der Waals surface area contributed by atoms with Gasteiger partial charge in [-0.3, -0.25) is 14.8 Å². The van der Waals surface area contributed by atoms with Crippen LogP contribution in [0.5, 0.6) is 0 Å². The molecule has 1 fully saturated rings. The highest BCUT2D eigenvalue weighted by molar-refractivity contribution is 5.97. The second-order valence-corrected chi connectivity index (χ2v) is 7.45. The van der Waals surface area contributed by atoms with E-state index >= 15 is 0 Å². The van der Waals surface area contributed by atoms with Gasteiger partial charge in [-0.15, -0.1) is 0 Å². The van der Waals surface area contributed by atoms with Crippen molar-refractivity contribution in [1.82, 2.24) is 16.1 Å². The summed E-state index contributed by atoms with van der Waals surface area (Å²) >= 11 is 0. The van der Waals surface area contributed by atoms with Gasteiger partial charge < -0.3 is 15.7 Å². The summed E-state index contributed by atoms with van der Waals surface area (Å²) in [7, 11) is 0. The number of aliphatic hydroxyl groups excluding tert-OH is 1. The van der Waals surface area contributed by atoms with E-state index in [9.17, 15) is 14.7 Å². The average Bonchev–Trinajstić information content (AvgIpc) is 2.70. The molecule has 0 spiro atoms. The van der Waals surface area contributed by atoms with Crippen LogP contribution in [0.2, 0.25) is 0 Å². The van der Waals surface area contributed by atoms with Crippen LogP contribution >= 0.6 is 0 Å². The standard InChI is InChI=1S/C22H27N3O4/c1-14(26)20(22(28)25-29)24-21(27)18-11-9-17(10-12-18)16-7-5-15(6-8-16)13-23-19-3-2-4-19/h5-12,14,19-20,23,26,29H,2-4,13H2,1H3,(H,24,27)(H,25,28)/t14-,20+/m1/s1. The van der Waals surface area contributed by atoms with E-state index in [2.05, 4.69) is 34.9 Å². The van der Waals surface area contributed by atoms with E-state index in [1.807, 2.05) is 12.1 Å². The Bertz CT molecular complexity index is 830. The lowest BCUT2D eigenvalue weighted by Gasteiger charge is -2.26. The van der Waals surface area contributed by atoms with Gasteiger partial charge in [-0.2, -0.15) is 0 Å². The number of hydrogen-bond acceptors (Lipinski definition) is 5. The van der Waals surface area contributed by atoms with Gasteiger partial charge >= 0.3 is 0 Å². The van der Waals surface area contributed by atoms with Crippen molar-refractivity contribution < 1.29 is 19.9 Å². The predicted molar refractivity (Wildman–Crippen MR) is 109 cm³/mol. The van der Waals surface area contributed by atoms with E-state index < -0.39 is 24.0 Å². The fraction of sp³-hybridized carbons (Fsp3) is 0.364. The Morgan fingerprint density at radius 3 is 2.10 bits per heavy atom. The fourth-order valence-electron chi connectivity index (χ4n) is 3.20. The van der Waals surface area contributed by atoms with Gasteiger partial charge in [-0.1, -0.05) is 42.8 Å². The van der Waals surface area contributed by atoms with Gasteiger partial charge in [-0.25, -0.2) is 5.48 Å². The van der Waals surface area contributed by atoms with Crippen LogP contribution in [-0.4, -0.2) is 40.3 Å². The Hall–Kier alpha value is -2.74. The average molecular weight is 397 g/mol. The van der Waals surface area contributed by atoms with Gasteiger partial charge in [0.15, 0.2) is 0 Å². The minimum Gasteiger partial charge on any atom is -0.391 e. The molecule has 3 rings (SSSR count).